The van der Waals surface area contributed by atoms with E-state index in [1.807, 2.05) is 13.8 Å². The van der Waals surface area contributed by atoms with Crippen LogP contribution in [0.2, 0.25) is 0 Å². The molecule has 128 valence electrons. The summed E-state index contributed by atoms with van der Waals surface area (Å²) in [6.45, 7) is 6.89. The highest BCUT2D eigenvalue weighted by molar-refractivity contribution is 7.89. The summed E-state index contributed by atoms with van der Waals surface area (Å²) in [7, 11) is -3.77. The Balaban J connectivity index is 2.42. The van der Waals surface area contributed by atoms with Crippen LogP contribution in [-0.4, -0.2) is 44.2 Å². The van der Waals surface area contributed by atoms with E-state index in [0.29, 0.717) is 18.0 Å². The molecule has 0 fully saturated rings. The number of nitrogens with zero attached hydrogens (tertiary/aromatic N) is 1. The molecular formula is C15H22N2O5S. The number of carbonyl (C=O) groups is 1. The lowest BCUT2D eigenvalue weighted by molar-refractivity contribution is -0.117. The molecule has 1 aliphatic rings. The van der Waals surface area contributed by atoms with Crippen LogP contribution in [-0.2, 0) is 14.8 Å². The average molecular weight is 342 g/mol. The first-order valence-electron chi connectivity index (χ1n) is 7.31. The van der Waals surface area contributed by atoms with Crippen molar-refractivity contribution in [2.75, 3.05) is 18.0 Å². The lowest BCUT2D eigenvalue weighted by Crippen LogP contribution is -2.48. The average Bonchev–Trinajstić information content (AvgIpc) is 2.42. The van der Waals surface area contributed by atoms with Crippen molar-refractivity contribution in [1.29, 1.82) is 0 Å². The number of hydrogen-bond donors (Lipinski definition) is 2. The van der Waals surface area contributed by atoms with Gasteiger partial charge in [-0.15, -0.1) is 0 Å². The molecule has 0 spiro atoms. The Morgan fingerprint density at radius 1 is 1.48 bits per heavy atom. The number of hydrogen-bond acceptors (Lipinski definition) is 5. The Hall–Kier alpha value is -1.64. The minimum Gasteiger partial charge on any atom is -0.484 e. The number of carbonyl (C=O) groups excluding carboxylic acids is 1. The van der Waals surface area contributed by atoms with E-state index < -0.39 is 21.7 Å². The van der Waals surface area contributed by atoms with Gasteiger partial charge in [0.15, 0.2) is 0 Å². The zero-order valence-electron chi connectivity index (χ0n) is 13.7. The molecular weight excluding hydrogens is 320 g/mol. The van der Waals surface area contributed by atoms with E-state index in [1.165, 1.54) is 30.9 Å². The highest BCUT2D eigenvalue weighted by Gasteiger charge is 2.34. The van der Waals surface area contributed by atoms with E-state index in [0.717, 1.165) is 0 Å². The molecule has 2 rings (SSSR count). The minimum atomic E-state index is -3.77. The Morgan fingerprint density at radius 3 is 2.70 bits per heavy atom. The summed E-state index contributed by atoms with van der Waals surface area (Å²) >= 11 is 0. The monoisotopic (exact) mass is 342 g/mol. The van der Waals surface area contributed by atoms with Crippen molar-refractivity contribution in [3.05, 3.63) is 18.2 Å². The molecule has 0 aliphatic carbocycles. The van der Waals surface area contributed by atoms with Crippen molar-refractivity contribution >= 4 is 21.6 Å². The summed E-state index contributed by atoms with van der Waals surface area (Å²) in [5, 5.41) is 9.23. The summed E-state index contributed by atoms with van der Waals surface area (Å²) in [4.78, 5) is 13.4. The molecule has 0 saturated carbocycles. The summed E-state index contributed by atoms with van der Waals surface area (Å²) in [6, 6.07) is 4.38. The maximum Gasteiger partial charge on any atom is 0.240 e. The third kappa shape index (κ3) is 4.01. The van der Waals surface area contributed by atoms with Crippen LogP contribution in [0.25, 0.3) is 0 Å². The van der Waals surface area contributed by atoms with Crippen molar-refractivity contribution in [3.63, 3.8) is 0 Å². The minimum absolute atomic E-state index is 0.0199. The zero-order valence-corrected chi connectivity index (χ0v) is 14.5. The molecule has 1 aromatic carbocycles. The van der Waals surface area contributed by atoms with Gasteiger partial charge < -0.3 is 14.7 Å². The van der Waals surface area contributed by atoms with Crippen LogP contribution in [0.3, 0.4) is 0 Å². The van der Waals surface area contributed by atoms with E-state index in [9.17, 15) is 18.3 Å². The first-order valence-corrected chi connectivity index (χ1v) is 8.79. The van der Waals surface area contributed by atoms with Gasteiger partial charge in [0.25, 0.3) is 0 Å². The first kappa shape index (κ1) is 17.7. The number of sulfonamides is 1. The second-order valence-electron chi connectivity index (χ2n) is 6.30. The van der Waals surface area contributed by atoms with Gasteiger partial charge in [0.05, 0.1) is 23.2 Å². The maximum absolute atomic E-state index is 12.3. The van der Waals surface area contributed by atoms with E-state index in [1.54, 1.807) is 6.07 Å². The van der Waals surface area contributed by atoms with Crippen LogP contribution in [0.5, 0.6) is 5.75 Å². The SMILES string of the molecule is CC(=O)N1CC(C)(C)Oc2ccc(S(=O)(=O)NCC(C)O)cc21. The van der Waals surface area contributed by atoms with Gasteiger partial charge in [-0.1, -0.05) is 0 Å². The number of amides is 1. The number of benzene rings is 1. The molecule has 1 aromatic rings. The smallest absolute Gasteiger partial charge is 0.240 e. The van der Waals surface area contributed by atoms with Crippen LogP contribution in [0.1, 0.15) is 27.7 Å². The van der Waals surface area contributed by atoms with Crippen molar-refractivity contribution in [1.82, 2.24) is 4.72 Å². The standard InChI is InChI=1S/C15H22N2O5S/c1-10(18)8-16-23(20,21)12-5-6-14-13(7-12)17(11(2)19)9-15(3,4)22-14/h5-7,10,16,18H,8-9H2,1-4H3. The van der Waals surface area contributed by atoms with E-state index in [-0.39, 0.29) is 17.3 Å². The summed E-state index contributed by atoms with van der Waals surface area (Å²) in [5.74, 6) is 0.278. The number of ether oxygens (including phenoxy) is 1. The highest BCUT2D eigenvalue weighted by Crippen LogP contribution is 2.38. The molecule has 0 aromatic heterocycles. The normalized spacial score (nSPS) is 18.0. The van der Waals surface area contributed by atoms with E-state index >= 15 is 0 Å². The molecule has 7 nitrogen and oxygen atoms in total. The van der Waals surface area contributed by atoms with Crippen molar-refractivity contribution in [2.24, 2.45) is 0 Å². The van der Waals surface area contributed by atoms with Gasteiger partial charge >= 0.3 is 0 Å². The van der Waals surface area contributed by atoms with Crippen LogP contribution in [0.15, 0.2) is 23.1 Å². The van der Waals surface area contributed by atoms with Gasteiger partial charge in [0, 0.05) is 13.5 Å². The second-order valence-corrected chi connectivity index (χ2v) is 8.06. The Kier molecular flexibility index (Phi) is 4.70. The molecule has 23 heavy (non-hydrogen) atoms. The number of anilines is 1. The third-order valence-electron chi connectivity index (χ3n) is 3.41. The maximum atomic E-state index is 12.3. The number of aliphatic hydroxyl groups excluding tert-OH is 1. The Bertz CT molecular complexity index is 713. The van der Waals surface area contributed by atoms with Gasteiger partial charge in [-0.25, -0.2) is 13.1 Å². The van der Waals surface area contributed by atoms with E-state index in [2.05, 4.69) is 4.72 Å². The van der Waals surface area contributed by atoms with Crippen molar-refractivity contribution in [2.45, 2.75) is 44.3 Å². The summed E-state index contributed by atoms with van der Waals surface area (Å²) in [6.07, 6.45) is -0.791. The van der Waals surface area contributed by atoms with Crippen LogP contribution in [0, 0.1) is 0 Å². The lowest BCUT2D eigenvalue weighted by atomic mass is 10.1. The van der Waals surface area contributed by atoms with Crippen LogP contribution in [0.4, 0.5) is 5.69 Å². The van der Waals surface area contributed by atoms with Crippen LogP contribution >= 0.6 is 0 Å². The topological polar surface area (TPSA) is 95.9 Å². The fourth-order valence-corrected chi connectivity index (χ4v) is 3.49. The summed E-state index contributed by atoms with van der Waals surface area (Å²) in [5.41, 5.74) is -0.124. The molecule has 0 radical (unpaired) electrons. The number of fused-ring (bicyclic) bond motifs is 1. The summed E-state index contributed by atoms with van der Waals surface area (Å²) < 4.78 is 32.7. The molecule has 1 heterocycles. The molecule has 1 amide bonds. The molecule has 0 bridgehead atoms. The second kappa shape index (κ2) is 6.10. The van der Waals surface area contributed by atoms with Crippen LogP contribution < -0.4 is 14.4 Å². The molecule has 8 heteroatoms. The number of nitrogens with one attached hydrogen (secondary N) is 1. The predicted octanol–water partition coefficient (Wildman–Crippen LogP) is 0.870. The fourth-order valence-electron chi connectivity index (χ4n) is 2.35. The van der Waals surface area contributed by atoms with Gasteiger partial charge in [-0.05, 0) is 39.0 Å². The van der Waals surface area contributed by atoms with Gasteiger partial charge in [-0.3, -0.25) is 4.79 Å². The van der Waals surface area contributed by atoms with Gasteiger partial charge in [-0.2, -0.15) is 0 Å². The van der Waals surface area contributed by atoms with Gasteiger partial charge in [0.2, 0.25) is 15.9 Å². The molecule has 0 saturated heterocycles. The van der Waals surface area contributed by atoms with E-state index in [4.69, 9.17) is 4.74 Å². The third-order valence-corrected chi connectivity index (χ3v) is 4.83. The molecule has 1 atom stereocenters. The molecule has 1 unspecified atom stereocenters. The van der Waals surface area contributed by atoms with Crippen molar-refractivity contribution < 1.29 is 23.1 Å². The Morgan fingerprint density at radius 2 is 2.13 bits per heavy atom. The zero-order chi connectivity index (χ0) is 17.4. The first-order chi connectivity index (χ1) is 10.5. The number of aliphatic hydroxyl groups is 1. The van der Waals surface area contributed by atoms with Gasteiger partial charge in [0.1, 0.15) is 11.4 Å². The molecule has 2 N–H and O–H groups in total. The quantitative estimate of drug-likeness (QED) is 0.846. The number of rotatable bonds is 4. The lowest BCUT2D eigenvalue weighted by Gasteiger charge is -2.39. The Labute approximate surface area is 136 Å². The molecule has 1 aliphatic heterocycles. The highest BCUT2D eigenvalue weighted by atomic mass is 32.2. The predicted molar refractivity (Wildman–Crippen MR) is 86.0 cm³/mol. The largest absolute Gasteiger partial charge is 0.484 e. The fraction of sp³-hybridized carbons (Fsp3) is 0.533. The van der Waals surface area contributed by atoms with Crippen molar-refractivity contribution in [3.8, 4) is 5.75 Å².